The number of carbonyl (C=O) groups excluding carboxylic acids is 5. The van der Waals surface area contributed by atoms with Crippen molar-refractivity contribution in [1.82, 2.24) is 30.0 Å². The lowest BCUT2D eigenvalue weighted by molar-refractivity contribution is -0.159. The maximum atomic E-state index is 17.1. The zero-order valence-corrected chi connectivity index (χ0v) is 38.9. The van der Waals surface area contributed by atoms with E-state index in [1.807, 2.05) is 36.1 Å². The Kier molecular flexibility index (Phi) is 14.4. The van der Waals surface area contributed by atoms with E-state index in [1.165, 1.54) is 23.1 Å². The predicted octanol–water partition coefficient (Wildman–Crippen LogP) is 3.65. The Labute approximate surface area is 405 Å². The number of carbonyl (C=O) groups is 5. The van der Waals surface area contributed by atoms with E-state index in [1.54, 1.807) is 18.2 Å². The highest BCUT2D eigenvalue weighted by Crippen LogP contribution is 2.43. The number of fused-ring (bicyclic) bond motifs is 3. The normalized spacial score (nSPS) is 18.5. The number of ether oxygens (including phenoxy) is 4. The van der Waals surface area contributed by atoms with Gasteiger partial charge >= 0.3 is 6.01 Å². The Bertz CT molecular complexity index is 2860. The summed E-state index contributed by atoms with van der Waals surface area (Å²) in [6.45, 7) is 5.81. The molecule has 5 heterocycles. The number of nitrogens with zero attached hydrogens (tertiary/aromatic N) is 6. The zero-order valence-electron chi connectivity index (χ0n) is 38.1. The summed E-state index contributed by atoms with van der Waals surface area (Å²) < 4.78 is 41.0. The minimum Gasteiger partial charge on any atom is -0.508 e. The number of phenolic OH excluding ortho intramolecular Hbond substituents is 1. The van der Waals surface area contributed by atoms with Crippen molar-refractivity contribution in [2.45, 2.75) is 57.1 Å². The van der Waals surface area contributed by atoms with Crippen molar-refractivity contribution in [3.8, 4) is 28.6 Å². The van der Waals surface area contributed by atoms with Crippen molar-refractivity contribution in [1.29, 1.82) is 0 Å². The SMILES string of the molecule is C[C@H](CN1CCC(OCCOCCOc2ccc3c(c2)C(=O)N(C2CCC(=O)NC2=O)C3=O)CC1)Oc1nc(N2CCN(C(=O)C(O)O)CC2)c2cc(Cl)c(-c3cc(O)cc4ccccc34)c(F)c2n1. The first-order valence-electron chi connectivity index (χ1n) is 23.1. The predicted molar refractivity (Wildman–Crippen MR) is 251 cm³/mol. The molecule has 1 aromatic heterocycles. The largest absolute Gasteiger partial charge is 0.508 e. The second-order valence-corrected chi connectivity index (χ2v) is 18.0. The molecule has 0 saturated carbocycles. The van der Waals surface area contributed by atoms with Gasteiger partial charge in [-0.2, -0.15) is 9.97 Å². The van der Waals surface area contributed by atoms with E-state index in [4.69, 9.17) is 35.5 Å². The molecule has 0 aliphatic carbocycles. The van der Waals surface area contributed by atoms with E-state index in [2.05, 4.69) is 15.2 Å². The molecule has 3 fully saturated rings. The average Bonchev–Trinajstić information content (AvgIpc) is 3.58. The van der Waals surface area contributed by atoms with Crippen molar-refractivity contribution in [2.24, 2.45) is 0 Å². The van der Waals surface area contributed by atoms with Crippen LogP contribution in [-0.4, -0.2) is 166 Å². The van der Waals surface area contributed by atoms with Gasteiger partial charge in [0.1, 0.15) is 41.6 Å². The number of piperazine rings is 1. The molecule has 368 valence electrons. The molecular formula is C49H51ClFN7O12. The van der Waals surface area contributed by atoms with Gasteiger partial charge in [0.05, 0.1) is 42.1 Å². The molecule has 4 aliphatic rings. The molecule has 0 bridgehead atoms. The molecule has 4 aromatic carbocycles. The lowest BCUT2D eigenvalue weighted by Crippen LogP contribution is -2.54. The van der Waals surface area contributed by atoms with Gasteiger partial charge in [-0.25, -0.2) is 4.39 Å². The Balaban J connectivity index is 0.772. The van der Waals surface area contributed by atoms with Crippen molar-refractivity contribution in [2.75, 3.05) is 77.1 Å². The number of aromatic nitrogens is 2. The number of phenols is 1. The second-order valence-electron chi connectivity index (χ2n) is 17.6. The molecule has 5 amide bonds. The molecule has 1 unspecified atom stereocenters. The number of nitrogens with one attached hydrogen (secondary N) is 1. The third kappa shape index (κ3) is 10.2. The van der Waals surface area contributed by atoms with Gasteiger partial charge in [0.15, 0.2) is 5.82 Å². The number of aliphatic hydroxyl groups excluding tert-OH is 1. The summed E-state index contributed by atoms with van der Waals surface area (Å²) in [5.74, 6) is -3.21. The first-order chi connectivity index (χ1) is 33.7. The van der Waals surface area contributed by atoms with Gasteiger partial charge in [0.2, 0.25) is 18.1 Å². The topological polar surface area (TPSA) is 234 Å². The highest BCUT2D eigenvalue weighted by atomic mass is 35.5. The Morgan fingerprint density at radius 3 is 2.36 bits per heavy atom. The minimum absolute atomic E-state index is 0.0224. The number of likely N-dealkylation sites (tertiary alicyclic amines) is 1. The zero-order chi connectivity index (χ0) is 49.2. The number of amides is 5. The van der Waals surface area contributed by atoms with Crippen LogP contribution in [0, 0.1) is 5.82 Å². The van der Waals surface area contributed by atoms with E-state index in [9.17, 15) is 39.3 Å². The van der Waals surface area contributed by atoms with Crippen LogP contribution in [0.25, 0.3) is 32.8 Å². The molecule has 5 aromatic rings. The third-order valence-corrected chi connectivity index (χ3v) is 13.2. The van der Waals surface area contributed by atoms with Gasteiger partial charge in [-0.3, -0.25) is 39.1 Å². The standard InChI is InChI=1S/C49H51ClFN7O12/c1-27(26-55-12-10-30(11-13-55)68-20-18-67-19-21-69-31-6-7-33-35(24-31)46(63)58(45(33)62)38-8-9-39(60)52-44(38)61)70-49-53-42-36(43(54-49)56-14-16-57(17-15-56)47(64)48(65)66)25-37(50)40(41(42)51)34-23-29(59)22-28-4-2-3-5-32(28)34/h2-7,22-25,27,30,38,48,59,65-66H,8-21,26H2,1H3,(H,52,60,61)/t27-,38?/m1/s1. The number of anilines is 1. The van der Waals surface area contributed by atoms with Crippen molar-refractivity contribution >= 4 is 68.6 Å². The number of hydrogen-bond donors (Lipinski definition) is 4. The number of aliphatic hydroxyl groups is 2. The maximum absolute atomic E-state index is 17.1. The van der Waals surface area contributed by atoms with Gasteiger partial charge in [0, 0.05) is 63.2 Å². The summed E-state index contributed by atoms with van der Waals surface area (Å²) in [5, 5.41) is 33.5. The summed E-state index contributed by atoms with van der Waals surface area (Å²) >= 11 is 6.88. The lowest BCUT2D eigenvalue weighted by atomic mass is 9.96. The molecule has 21 heteroatoms. The monoisotopic (exact) mass is 983 g/mol. The Hall–Kier alpha value is -6.55. The fraction of sp³-hybridized carbons (Fsp3) is 0.408. The molecular weight excluding hydrogens is 933 g/mol. The number of hydrogen-bond acceptors (Lipinski definition) is 16. The summed E-state index contributed by atoms with van der Waals surface area (Å²) in [5.41, 5.74) is 0.689. The maximum Gasteiger partial charge on any atom is 0.319 e. The van der Waals surface area contributed by atoms with Crippen LogP contribution in [0.4, 0.5) is 10.2 Å². The van der Waals surface area contributed by atoms with Gasteiger partial charge in [-0.05, 0) is 78.9 Å². The Morgan fingerprint density at radius 1 is 0.857 bits per heavy atom. The minimum atomic E-state index is -2.13. The highest BCUT2D eigenvalue weighted by Gasteiger charge is 2.45. The summed E-state index contributed by atoms with van der Waals surface area (Å²) in [6.07, 6.45) is -0.880. The summed E-state index contributed by atoms with van der Waals surface area (Å²) in [4.78, 5) is 78.0. The molecule has 4 aliphatic heterocycles. The molecule has 19 nitrogen and oxygen atoms in total. The van der Waals surface area contributed by atoms with E-state index in [0.717, 1.165) is 30.8 Å². The molecule has 3 saturated heterocycles. The third-order valence-electron chi connectivity index (χ3n) is 12.9. The summed E-state index contributed by atoms with van der Waals surface area (Å²) in [6, 6.07) is 15.3. The smallest absolute Gasteiger partial charge is 0.319 e. The average molecular weight is 984 g/mol. The van der Waals surface area contributed by atoms with E-state index in [0.29, 0.717) is 53.0 Å². The van der Waals surface area contributed by atoms with E-state index >= 15 is 4.39 Å². The first-order valence-corrected chi connectivity index (χ1v) is 23.5. The van der Waals surface area contributed by atoms with Crippen LogP contribution in [0.15, 0.2) is 60.7 Å². The number of benzene rings is 4. The quantitative estimate of drug-likeness (QED) is 0.0628. The van der Waals surface area contributed by atoms with E-state index in [-0.39, 0.29) is 97.3 Å². The number of rotatable bonds is 16. The van der Waals surface area contributed by atoms with Crippen LogP contribution < -0.4 is 19.7 Å². The molecule has 4 N–H and O–H groups in total. The summed E-state index contributed by atoms with van der Waals surface area (Å²) in [7, 11) is 0. The van der Waals surface area contributed by atoms with Crippen LogP contribution >= 0.6 is 11.6 Å². The molecule has 9 rings (SSSR count). The van der Waals surface area contributed by atoms with Crippen LogP contribution in [0.3, 0.4) is 0 Å². The fourth-order valence-electron chi connectivity index (χ4n) is 9.48. The molecule has 2 atom stereocenters. The van der Waals surface area contributed by atoms with Gasteiger partial charge < -0.3 is 44.1 Å². The second kappa shape index (κ2) is 20.8. The fourth-order valence-corrected chi connectivity index (χ4v) is 9.77. The van der Waals surface area contributed by atoms with Crippen LogP contribution in [0.1, 0.15) is 53.3 Å². The van der Waals surface area contributed by atoms with Gasteiger partial charge in [0.25, 0.3) is 17.7 Å². The number of piperidine rings is 2. The number of imide groups is 2. The molecule has 0 radical (unpaired) electrons. The van der Waals surface area contributed by atoms with Crippen LogP contribution in [0.5, 0.6) is 17.5 Å². The van der Waals surface area contributed by atoms with Gasteiger partial charge in [-0.1, -0.05) is 35.9 Å². The van der Waals surface area contributed by atoms with Crippen LogP contribution in [-0.2, 0) is 23.9 Å². The van der Waals surface area contributed by atoms with Crippen molar-refractivity contribution in [3.05, 3.63) is 82.6 Å². The highest BCUT2D eigenvalue weighted by molar-refractivity contribution is 6.35. The van der Waals surface area contributed by atoms with E-state index < -0.39 is 53.8 Å². The van der Waals surface area contributed by atoms with Crippen LogP contribution in [0.2, 0.25) is 5.02 Å². The first kappa shape index (κ1) is 48.5. The Morgan fingerprint density at radius 2 is 1.60 bits per heavy atom. The van der Waals surface area contributed by atoms with Crippen molar-refractivity contribution in [3.63, 3.8) is 0 Å². The van der Waals surface area contributed by atoms with Gasteiger partial charge in [-0.15, -0.1) is 0 Å². The lowest BCUT2D eigenvalue weighted by Gasteiger charge is -2.36. The number of halogens is 2. The number of aromatic hydroxyl groups is 1. The molecule has 0 spiro atoms. The van der Waals surface area contributed by atoms with Crippen molar-refractivity contribution < 1.29 is 62.6 Å². The molecule has 70 heavy (non-hydrogen) atoms.